The van der Waals surface area contributed by atoms with E-state index < -0.39 is 23.8 Å². The van der Waals surface area contributed by atoms with Crippen molar-refractivity contribution in [2.75, 3.05) is 19.8 Å². The molecule has 1 atom stereocenters. The Kier molecular flexibility index (Phi) is 4.84. The molecule has 6 nitrogen and oxygen atoms in total. The molecule has 0 aromatic carbocycles. The Hall–Kier alpha value is -1.69. The molecule has 0 bridgehead atoms. The van der Waals surface area contributed by atoms with Crippen molar-refractivity contribution < 1.29 is 19.1 Å². The fourth-order valence-electron chi connectivity index (χ4n) is 1.36. The second kappa shape index (κ2) is 6.15. The van der Waals surface area contributed by atoms with Crippen molar-refractivity contribution in [3.63, 3.8) is 0 Å². The quantitative estimate of drug-likeness (QED) is 0.411. The van der Waals surface area contributed by atoms with E-state index in [2.05, 4.69) is 11.9 Å². The Morgan fingerprint density at radius 3 is 2.76 bits per heavy atom. The molecule has 1 N–H and O–H groups in total. The van der Waals surface area contributed by atoms with Gasteiger partial charge in [-0.1, -0.05) is 6.08 Å². The molecule has 17 heavy (non-hydrogen) atoms. The first kappa shape index (κ1) is 13.4. The summed E-state index contributed by atoms with van der Waals surface area (Å²) >= 11 is 0. The zero-order chi connectivity index (χ0) is 12.8. The number of urea groups is 1. The van der Waals surface area contributed by atoms with Gasteiger partial charge in [-0.05, 0) is 13.3 Å². The van der Waals surface area contributed by atoms with Gasteiger partial charge in [0.25, 0.3) is 0 Å². The molecule has 4 amide bonds. The molecule has 0 saturated carbocycles. The fraction of sp³-hybridized carbons (Fsp3) is 0.545. The van der Waals surface area contributed by atoms with E-state index in [1.807, 2.05) is 0 Å². The maximum Gasteiger partial charge on any atom is 0.330 e. The van der Waals surface area contributed by atoms with Gasteiger partial charge in [-0.25, -0.2) is 4.79 Å². The van der Waals surface area contributed by atoms with E-state index in [1.54, 1.807) is 6.08 Å². The highest BCUT2D eigenvalue weighted by atomic mass is 16.5. The van der Waals surface area contributed by atoms with Gasteiger partial charge in [0.05, 0.1) is 19.8 Å². The molecule has 94 valence electrons. The van der Waals surface area contributed by atoms with E-state index >= 15 is 0 Å². The number of nitrogens with zero attached hydrogens (tertiary/aromatic N) is 1. The SMILES string of the molecule is C=CCCOCCN1C(=O)NC(=O)C(C)C1=O. The van der Waals surface area contributed by atoms with E-state index in [4.69, 9.17) is 4.74 Å². The van der Waals surface area contributed by atoms with Crippen LogP contribution in [0.5, 0.6) is 0 Å². The van der Waals surface area contributed by atoms with Gasteiger partial charge in [-0.2, -0.15) is 0 Å². The summed E-state index contributed by atoms with van der Waals surface area (Å²) in [5.41, 5.74) is 0. The average Bonchev–Trinajstić information content (AvgIpc) is 2.30. The van der Waals surface area contributed by atoms with Crippen LogP contribution in [0.3, 0.4) is 0 Å². The molecular formula is C11H16N2O4. The number of barbiturate groups is 1. The van der Waals surface area contributed by atoms with E-state index in [9.17, 15) is 14.4 Å². The van der Waals surface area contributed by atoms with Crippen molar-refractivity contribution in [3.05, 3.63) is 12.7 Å². The number of rotatable bonds is 6. The molecule has 0 aromatic heterocycles. The number of ether oxygens (including phenoxy) is 1. The third-order valence-corrected chi connectivity index (χ3v) is 2.43. The van der Waals surface area contributed by atoms with Crippen molar-refractivity contribution in [1.82, 2.24) is 10.2 Å². The van der Waals surface area contributed by atoms with Crippen LogP contribution in [-0.4, -0.2) is 42.5 Å². The van der Waals surface area contributed by atoms with Crippen molar-refractivity contribution in [1.29, 1.82) is 0 Å². The molecule has 1 fully saturated rings. The van der Waals surface area contributed by atoms with Crippen LogP contribution in [0, 0.1) is 5.92 Å². The Labute approximate surface area is 99.6 Å². The molecule has 1 saturated heterocycles. The van der Waals surface area contributed by atoms with Crippen LogP contribution >= 0.6 is 0 Å². The average molecular weight is 240 g/mol. The first-order valence-electron chi connectivity index (χ1n) is 5.42. The van der Waals surface area contributed by atoms with Gasteiger partial charge in [0.1, 0.15) is 5.92 Å². The first-order chi connectivity index (χ1) is 8.07. The van der Waals surface area contributed by atoms with E-state index in [1.165, 1.54) is 6.92 Å². The van der Waals surface area contributed by atoms with Crippen LogP contribution in [0.15, 0.2) is 12.7 Å². The summed E-state index contributed by atoms with van der Waals surface area (Å²) in [6.07, 6.45) is 2.44. The standard InChI is InChI=1S/C11H16N2O4/c1-3-4-6-17-7-5-13-10(15)8(2)9(14)12-11(13)16/h3,8H,1,4-7H2,2H3,(H,12,14,16). The fourth-order valence-corrected chi connectivity index (χ4v) is 1.36. The van der Waals surface area contributed by atoms with Crippen molar-refractivity contribution in [2.45, 2.75) is 13.3 Å². The van der Waals surface area contributed by atoms with E-state index in [-0.39, 0.29) is 13.2 Å². The summed E-state index contributed by atoms with van der Waals surface area (Å²) in [7, 11) is 0. The minimum atomic E-state index is -0.819. The van der Waals surface area contributed by atoms with Crippen LogP contribution in [0.25, 0.3) is 0 Å². The van der Waals surface area contributed by atoms with Gasteiger partial charge in [-0.3, -0.25) is 19.8 Å². The van der Waals surface area contributed by atoms with Gasteiger partial charge < -0.3 is 4.74 Å². The third-order valence-electron chi connectivity index (χ3n) is 2.43. The minimum Gasteiger partial charge on any atom is -0.379 e. The number of hydrogen-bond acceptors (Lipinski definition) is 4. The van der Waals surface area contributed by atoms with Crippen LogP contribution in [0.4, 0.5) is 4.79 Å². The number of hydrogen-bond donors (Lipinski definition) is 1. The highest BCUT2D eigenvalue weighted by Crippen LogP contribution is 2.09. The number of carbonyl (C=O) groups excluding carboxylic acids is 3. The Balaban J connectivity index is 2.41. The lowest BCUT2D eigenvalue weighted by Gasteiger charge is -2.28. The second-order valence-corrected chi connectivity index (χ2v) is 3.70. The van der Waals surface area contributed by atoms with Gasteiger partial charge >= 0.3 is 6.03 Å². The number of amides is 4. The normalized spacial score (nSPS) is 20.4. The topological polar surface area (TPSA) is 75.7 Å². The molecule has 6 heteroatoms. The summed E-state index contributed by atoms with van der Waals surface area (Å²) in [6, 6.07) is -0.676. The predicted octanol–water partition coefficient (Wildman–Crippen LogP) is 0.294. The van der Waals surface area contributed by atoms with Crippen molar-refractivity contribution in [2.24, 2.45) is 5.92 Å². The lowest BCUT2D eigenvalue weighted by atomic mass is 10.1. The summed E-state index contributed by atoms with van der Waals surface area (Å²) in [5, 5.41) is 2.12. The summed E-state index contributed by atoms with van der Waals surface area (Å²) in [4.78, 5) is 35.2. The molecule has 1 unspecified atom stereocenters. The molecule has 0 spiro atoms. The van der Waals surface area contributed by atoms with Crippen LogP contribution in [0.2, 0.25) is 0 Å². The predicted molar refractivity (Wildman–Crippen MR) is 60.0 cm³/mol. The first-order valence-corrected chi connectivity index (χ1v) is 5.42. The van der Waals surface area contributed by atoms with Crippen LogP contribution in [0.1, 0.15) is 13.3 Å². The molecule has 1 heterocycles. The zero-order valence-corrected chi connectivity index (χ0v) is 9.77. The number of nitrogens with one attached hydrogen (secondary N) is 1. The molecule has 1 rings (SSSR count). The highest BCUT2D eigenvalue weighted by Gasteiger charge is 2.36. The maximum atomic E-state index is 11.6. The molecular weight excluding hydrogens is 224 g/mol. The Bertz CT molecular complexity index is 340. The van der Waals surface area contributed by atoms with Gasteiger partial charge in [0, 0.05) is 0 Å². The highest BCUT2D eigenvalue weighted by molar-refractivity contribution is 6.15. The largest absolute Gasteiger partial charge is 0.379 e. The van der Waals surface area contributed by atoms with Gasteiger partial charge in [-0.15, -0.1) is 6.58 Å². The Morgan fingerprint density at radius 2 is 2.12 bits per heavy atom. The second-order valence-electron chi connectivity index (χ2n) is 3.70. The molecule has 0 aromatic rings. The summed E-state index contributed by atoms with van der Waals surface area (Å²) in [6.45, 7) is 5.92. The molecule has 0 aliphatic carbocycles. The number of imide groups is 2. The van der Waals surface area contributed by atoms with Crippen molar-refractivity contribution >= 4 is 17.8 Å². The van der Waals surface area contributed by atoms with Gasteiger partial charge in [0.2, 0.25) is 11.8 Å². The minimum absolute atomic E-state index is 0.152. The van der Waals surface area contributed by atoms with Crippen LogP contribution < -0.4 is 5.32 Å². The van der Waals surface area contributed by atoms with E-state index in [0.717, 1.165) is 11.3 Å². The lowest BCUT2D eigenvalue weighted by Crippen LogP contribution is -2.57. The summed E-state index contributed by atoms with van der Waals surface area (Å²) < 4.78 is 5.21. The van der Waals surface area contributed by atoms with Gasteiger partial charge in [0.15, 0.2) is 0 Å². The monoisotopic (exact) mass is 240 g/mol. The molecule has 1 aliphatic rings. The van der Waals surface area contributed by atoms with E-state index in [0.29, 0.717) is 6.61 Å². The van der Waals surface area contributed by atoms with Crippen molar-refractivity contribution in [3.8, 4) is 0 Å². The molecule has 1 aliphatic heterocycles. The maximum absolute atomic E-state index is 11.6. The smallest absolute Gasteiger partial charge is 0.330 e. The lowest BCUT2D eigenvalue weighted by molar-refractivity contribution is -0.142. The number of carbonyl (C=O) groups is 3. The summed E-state index contributed by atoms with van der Waals surface area (Å²) in [5.74, 6) is -1.85. The molecule has 0 radical (unpaired) electrons. The zero-order valence-electron chi connectivity index (χ0n) is 9.77. The third kappa shape index (κ3) is 3.39. The Morgan fingerprint density at radius 1 is 1.41 bits per heavy atom. The van der Waals surface area contributed by atoms with Crippen LogP contribution in [-0.2, 0) is 14.3 Å².